The van der Waals surface area contributed by atoms with Crippen LogP contribution in [0.25, 0.3) is 0 Å². The average Bonchev–Trinajstić information content (AvgIpc) is 3.24. The highest BCUT2D eigenvalue weighted by Gasteiger charge is 2.42. The molecule has 0 atom stereocenters. The predicted octanol–water partition coefficient (Wildman–Crippen LogP) is 6.67. The summed E-state index contributed by atoms with van der Waals surface area (Å²) in [4.78, 5) is 55.7. The van der Waals surface area contributed by atoms with E-state index in [0.717, 1.165) is 0 Å². The third kappa shape index (κ3) is 5.49. The molecule has 0 aromatic heterocycles. The largest absolute Gasteiger partial charge is 0.465 e. The van der Waals surface area contributed by atoms with Crippen molar-refractivity contribution in [3.05, 3.63) is 91.0 Å². The summed E-state index contributed by atoms with van der Waals surface area (Å²) in [5.74, 6) is -4.48. The van der Waals surface area contributed by atoms with Crippen molar-refractivity contribution in [2.24, 2.45) is 0 Å². The maximum Gasteiger partial charge on any atom is 0.345 e. The van der Waals surface area contributed by atoms with Crippen LogP contribution in [0.4, 0.5) is 0 Å². The van der Waals surface area contributed by atoms with E-state index in [1.54, 1.807) is 0 Å². The van der Waals surface area contributed by atoms with Crippen molar-refractivity contribution in [1.29, 1.82) is 0 Å². The van der Waals surface area contributed by atoms with Gasteiger partial charge in [-0.3, -0.25) is 0 Å². The van der Waals surface area contributed by atoms with Crippen molar-refractivity contribution in [3.8, 4) is 46.0 Å². The van der Waals surface area contributed by atoms with E-state index in [4.69, 9.17) is 56.8 Å². The van der Waals surface area contributed by atoms with Crippen LogP contribution in [0, 0.1) is 0 Å². The van der Waals surface area contributed by atoms with Crippen LogP contribution in [0.1, 0.15) is 137 Å². The molecule has 4 aliphatic heterocycles. The second kappa shape index (κ2) is 14.5. The number of carbonyl (C=O) groups excluding carboxylic acids is 4. The summed E-state index contributed by atoms with van der Waals surface area (Å²) in [5, 5.41) is 0. The second-order valence-corrected chi connectivity index (χ2v) is 14.8. The topological polar surface area (TPSA) is 179 Å². The molecule has 312 valence electrons. The van der Waals surface area contributed by atoms with Crippen molar-refractivity contribution < 1.29 is 76.0 Å². The van der Waals surface area contributed by atoms with E-state index in [0.29, 0.717) is 44.5 Å². The van der Waals surface area contributed by atoms with Crippen molar-refractivity contribution in [2.75, 3.05) is 55.6 Å². The van der Waals surface area contributed by atoms with Gasteiger partial charge in [0.15, 0.2) is 0 Å². The molecule has 16 heteroatoms. The number of hydrogen-bond acceptors (Lipinski definition) is 16. The molecular formula is C44H40O16. The van der Waals surface area contributed by atoms with Crippen LogP contribution in [0.2, 0.25) is 0 Å². The molecule has 1 aliphatic carbocycles. The van der Waals surface area contributed by atoms with E-state index in [1.807, 2.05) is 52.0 Å². The Morgan fingerprint density at radius 3 is 0.633 bits per heavy atom. The Kier molecular flexibility index (Phi) is 9.32. The van der Waals surface area contributed by atoms with Gasteiger partial charge in [0.2, 0.25) is 27.2 Å². The molecule has 8 bridgehead atoms. The van der Waals surface area contributed by atoms with Gasteiger partial charge in [-0.1, -0.05) is 27.7 Å². The summed E-state index contributed by atoms with van der Waals surface area (Å²) in [6, 6.07) is 7.53. The monoisotopic (exact) mass is 824 g/mol. The number of methoxy groups -OCH3 is 4. The van der Waals surface area contributed by atoms with Crippen LogP contribution in [-0.4, -0.2) is 79.5 Å². The molecule has 0 saturated heterocycles. The van der Waals surface area contributed by atoms with Crippen molar-refractivity contribution >= 4 is 23.9 Å². The third-order valence-electron chi connectivity index (χ3n) is 12.1. The number of ether oxygens (including phenoxy) is 12. The first-order chi connectivity index (χ1) is 28.9. The first-order valence-corrected chi connectivity index (χ1v) is 19.1. The first kappa shape index (κ1) is 38.7. The van der Waals surface area contributed by atoms with E-state index in [2.05, 4.69) is 0 Å². The summed E-state index contributed by atoms with van der Waals surface area (Å²) in [7, 11) is 5.01. The maximum absolute atomic E-state index is 13.9. The normalized spacial score (nSPS) is 19.7. The highest BCUT2D eigenvalue weighted by atomic mass is 16.7. The van der Waals surface area contributed by atoms with Crippen LogP contribution in [0.3, 0.4) is 0 Å². The second-order valence-electron chi connectivity index (χ2n) is 14.8. The number of hydrogen-bond donors (Lipinski definition) is 0. The molecule has 4 aromatic carbocycles. The maximum atomic E-state index is 13.9. The average molecular weight is 825 g/mol. The SMILES string of the molecule is COC(=O)c1c2c3cc4c1OCOc1c(cc5c(c1C(=O)OC)OCOc1c(cc6c(c1C(=O)OC)OCOc1c(cc(c(c1C(=O)OC)OCO2)C3C)C6C)C5C)C4C. The minimum Gasteiger partial charge on any atom is -0.465 e. The Hall–Kier alpha value is -6.84. The lowest BCUT2D eigenvalue weighted by molar-refractivity contribution is 0.0559. The molecule has 0 spiro atoms. The number of rotatable bonds is 4. The van der Waals surface area contributed by atoms with Crippen molar-refractivity contribution in [2.45, 2.75) is 51.4 Å². The Bertz CT molecular complexity index is 2090. The highest BCUT2D eigenvalue weighted by molar-refractivity contribution is 6.01. The molecule has 5 aliphatic rings. The molecule has 0 unspecified atom stereocenters. The van der Waals surface area contributed by atoms with E-state index in [1.165, 1.54) is 28.4 Å². The van der Waals surface area contributed by atoms with Crippen LogP contribution in [0.15, 0.2) is 24.3 Å². The zero-order valence-corrected chi connectivity index (χ0v) is 34.0. The molecule has 16 nitrogen and oxygen atoms in total. The van der Waals surface area contributed by atoms with Gasteiger partial charge >= 0.3 is 23.9 Å². The molecular weight excluding hydrogens is 784 g/mol. The smallest absolute Gasteiger partial charge is 0.345 e. The third-order valence-corrected chi connectivity index (χ3v) is 12.1. The Labute approximate surface area is 343 Å². The zero-order valence-electron chi connectivity index (χ0n) is 34.0. The highest BCUT2D eigenvalue weighted by Crippen LogP contribution is 2.56. The van der Waals surface area contributed by atoms with E-state index < -0.39 is 74.7 Å². The quantitative estimate of drug-likeness (QED) is 0.157. The molecule has 4 aromatic rings. The Morgan fingerprint density at radius 2 is 0.500 bits per heavy atom. The van der Waals surface area contributed by atoms with Crippen LogP contribution in [-0.2, 0) is 18.9 Å². The van der Waals surface area contributed by atoms with Gasteiger partial charge < -0.3 is 56.8 Å². The minimum atomic E-state index is -0.746. The van der Waals surface area contributed by atoms with Crippen LogP contribution in [0.5, 0.6) is 46.0 Å². The predicted molar refractivity (Wildman–Crippen MR) is 206 cm³/mol. The Balaban J connectivity index is 1.49. The number of esters is 4. The number of benzene rings is 4. The Morgan fingerprint density at radius 1 is 0.350 bits per heavy atom. The van der Waals surface area contributed by atoms with Gasteiger partial charge in [-0.25, -0.2) is 19.2 Å². The summed E-state index contributed by atoms with van der Waals surface area (Å²) in [6.07, 6.45) is 0. The van der Waals surface area contributed by atoms with Crippen molar-refractivity contribution in [3.63, 3.8) is 0 Å². The molecule has 0 amide bonds. The molecule has 9 rings (SSSR count). The van der Waals surface area contributed by atoms with Gasteiger partial charge in [-0.05, 0) is 24.3 Å². The van der Waals surface area contributed by atoms with Crippen molar-refractivity contribution in [1.82, 2.24) is 0 Å². The molecule has 0 radical (unpaired) electrons. The van der Waals surface area contributed by atoms with Gasteiger partial charge in [-0.15, -0.1) is 0 Å². The lowest BCUT2D eigenvalue weighted by Gasteiger charge is -2.35. The lowest BCUT2D eigenvalue weighted by atomic mass is 9.78. The van der Waals surface area contributed by atoms with E-state index >= 15 is 0 Å². The minimum absolute atomic E-state index is 0.00917. The molecule has 60 heavy (non-hydrogen) atoms. The fourth-order valence-corrected chi connectivity index (χ4v) is 8.99. The standard InChI is InChI=1S/C44H40O16/c1-17-21-9-23-18(2)25-11-27-20(4)28-12-26-19(3)24-10-22(17)34-30(42(46)50-6)36(24)56-15-58-38(26)32(44(48)52-8)40(28)60-16-59-39(27)31(43(47)51-7)37(25)57-14-55-35(23)29(41(45)49-5)33(21)53-13-54-34/h9-12,17-20H,13-16H2,1-8H3. The molecule has 4 heterocycles. The first-order valence-electron chi connectivity index (χ1n) is 19.1. The van der Waals surface area contributed by atoms with Gasteiger partial charge in [0.1, 0.15) is 68.2 Å². The van der Waals surface area contributed by atoms with Gasteiger partial charge in [0.05, 0.1) is 28.4 Å². The summed E-state index contributed by atoms with van der Waals surface area (Å²) >= 11 is 0. The molecule has 0 saturated carbocycles. The van der Waals surface area contributed by atoms with Crippen LogP contribution < -0.4 is 37.9 Å². The number of carbonyl (C=O) groups is 4. The van der Waals surface area contributed by atoms with Gasteiger partial charge in [0.25, 0.3) is 0 Å². The molecule has 0 fully saturated rings. The van der Waals surface area contributed by atoms with E-state index in [9.17, 15) is 19.2 Å². The van der Waals surface area contributed by atoms with Gasteiger partial charge in [0, 0.05) is 68.2 Å². The fraction of sp³-hybridized carbons (Fsp3) is 0.364. The summed E-state index contributed by atoms with van der Waals surface area (Å²) in [6.45, 7) is 5.73. The zero-order chi connectivity index (χ0) is 42.3. The summed E-state index contributed by atoms with van der Waals surface area (Å²) in [5.41, 5.74) is 4.27. The molecule has 0 N–H and O–H groups in total. The summed E-state index contributed by atoms with van der Waals surface area (Å²) < 4.78 is 71.6. The lowest BCUT2D eigenvalue weighted by Crippen LogP contribution is -2.26. The van der Waals surface area contributed by atoms with Gasteiger partial charge in [-0.2, -0.15) is 0 Å². The van der Waals surface area contributed by atoms with Crippen LogP contribution >= 0.6 is 0 Å². The fourth-order valence-electron chi connectivity index (χ4n) is 8.99. The van der Waals surface area contributed by atoms with E-state index in [-0.39, 0.29) is 68.2 Å².